The van der Waals surface area contributed by atoms with Crippen LogP contribution in [0.25, 0.3) is 11.0 Å². The zero-order valence-corrected chi connectivity index (χ0v) is 13.9. The van der Waals surface area contributed by atoms with Crippen molar-refractivity contribution in [2.24, 2.45) is 0 Å². The van der Waals surface area contributed by atoms with Gasteiger partial charge in [-0.25, -0.2) is 0 Å². The summed E-state index contributed by atoms with van der Waals surface area (Å²) < 4.78 is 6.85. The molecular weight excluding hydrogens is 348 g/mol. The fourth-order valence-corrected chi connectivity index (χ4v) is 3.72. The van der Waals surface area contributed by atoms with Crippen LogP contribution in [-0.2, 0) is 0 Å². The molecule has 0 saturated carbocycles. The number of fused-ring (bicyclic) bond motifs is 1. The predicted molar refractivity (Wildman–Crippen MR) is 90.8 cm³/mol. The van der Waals surface area contributed by atoms with Gasteiger partial charge in [0.2, 0.25) is 0 Å². The Bertz CT molecular complexity index is 766. The number of para-hydroxylation sites is 1. The maximum atomic E-state index is 10.3. The molecule has 3 aromatic rings. The molecule has 0 bridgehead atoms. The van der Waals surface area contributed by atoms with Gasteiger partial charge < -0.3 is 9.52 Å². The molecule has 0 amide bonds. The van der Waals surface area contributed by atoms with Crippen molar-refractivity contribution in [1.82, 2.24) is 0 Å². The number of hydrogen-bond acceptors (Lipinski definition) is 3. The molecule has 1 atom stereocenters. The molecule has 1 heterocycles. The van der Waals surface area contributed by atoms with Crippen LogP contribution in [-0.4, -0.2) is 10.9 Å². The summed E-state index contributed by atoms with van der Waals surface area (Å²) in [5, 5.41) is 11.4. The third-order valence-corrected chi connectivity index (χ3v) is 5.43. The number of benzene rings is 2. The van der Waals surface area contributed by atoms with Gasteiger partial charge in [-0.3, -0.25) is 0 Å². The number of aryl methyl sites for hydroxylation is 1. The Morgan fingerprint density at radius 3 is 2.76 bits per heavy atom. The predicted octanol–water partition coefficient (Wildman–Crippen LogP) is 5.33. The molecule has 0 radical (unpaired) electrons. The molecule has 2 nitrogen and oxygen atoms in total. The number of furan rings is 1. The monoisotopic (exact) mass is 362 g/mol. The lowest BCUT2D eigenvalue weighted by molar-refractivity contribution is 0.176. The number of rotatable bonds is 4. The first kappa shape index (κ1) is 14.7. The standard InChI is InChI=1S/C17H15BrO2S/c1-11-5-4-6-12-9-15(20-17(11)12)14(19)10-21-16-8-3-2-7-13(16)18/h2-9,14,19H,10H2,1H3. The summed E-state index contributed by atoms with van der Waals surface area (Å²) in [6.07, 6.45) is -0.617. The van der Waals surface area contributed by atoms with E-state index in [0.29, 0.717) is 11.5 Å². The van der Waals surface area contributed by atoms with Crippen molar-refractivity contribution in [2.45, 2.75) is 17.9 Å². The summed E-state index contributed by atoms with van der Waals surface area (Å²) in [5.41, 5.74) is 1.95. The van der Waals surface area contributed by atoms with Gasteiger partial charge in [-0.05, 0) is 46.6 Å². The largest absolute Gasteiger partial charge is 0.458 e. The van der Waals surface area contributed by atoms with Crippen LogP contribution in [0.5, 0.6) is 0 Å². The molecule has 0 aliphatic carbocycles. The van der Waals surface area contributed by atoms with E-state index >= 15 is 0 Å². The van der Waals surface area contributed by atoms with E-state index in [1.165, 1.54) is 0 Å². The van der Waals surface area contributed by atoms with Crippen LogP contribution in [0.1, 0.15) is 17.4 Å². The van der Waals surface area contributed by atoms with Crippen molar-refractivity contribution in [1.29, 1.82) is 0 Å². The Labute approximate surface area is 136 Å². The van der Waals surface area contributed by atoms with E-state index in [-0.39, 0.29) is 0 Å². The summed E-state index contributed by atoms with van der Waals surface area (Å²) in [6.45, 7) is 2.01. The summed E-state index contributed by atoms with van der Waals surface area (Å²) in [5.74, 6) is 1.18. The second-order valence-corrected chi connectivity index (χ2v) is 6.82. The van der Waals surface area contributed by atoms with Crippen molar-refractivity contribution in [3.63, 3.8) is 0 Å². The highest BCUT2D eigenvalue weighted by molar-refractivity contribution is 9.10. The van der Waals surface area contributed by atoms with Gasteiger partial charge in [-0.15, -0.1) is 11.8 Å². The van der Waals surface area contributed by atoms with Gasteiger partial charge in [0.1, 0.15) is 17.4 Å². The average molecular weight is 363 g/mol. The molecule has 1 unspecified atom stereocenters. The molecule has 2 aromatic carbocycles. The lowest BCUT2D eigenvalue weighted by atomic mass is 10.2. The van der Waals surface area contributed by atoms with E-state index in [4.69, 9.17) is 4.42 Å². The third-order valence-electron chi connectivity index (χ3n) is 3.32. The van der Waals surface area contributed by atoms with E-state index in [0.717, 1.165) is 25.9 Å². The highest BCUT2D eigenvalue weighted by atomic mass is 79.9. The van der Waals surface area contributed by atoms with Crippen LogP contribution in [0.4, 0.5) is 0 Å². The molecule has 0 aliphatic rings. The van der Waals surface area contributed by atoms with Crippen molar-refractivity contribution < 1.29 is 9.52 Å². The molecule has 0 saturated heterocycles. The van der Waals surface area contributed by atoms with Crippen molar-refractivity contribution >= 4 is 38.7 Å². The number of thioether (sulfide) groups is 1. The normalized spacial score (nSPS) is 12.7. The zero-order valence-electron chi connectivity index (χ0n) is 11.5. The molecular formula is C17H15BrO2S. The molecule has 108 valence electrons. The SMILES string of the molecule is Cc1cccc2cc(C(O)CSc3ccccc3Br)oc12. The topological polar surface area (TPSA) is 33.4 Å². The molecule has 0 aliphatic heterocycles. The van der Waals surface area contributed by atoms with Crippen LogP contribution in [0.2, 0.25) is 0 Å². The highest BCUT2D eigenvalue weighted by Crippen LogP contribution is 2.32. The summed E-state index contributed by atoms with van der Waals surface area (Å²) in [7, 11) is 0. The molecule has 4 heteroatoms. The third kappa shape index (κ3) is 3.18. The minimum Gasteiger partial charge on any atom is -0.458 e. The average Bonchev–Trinajstić information content (AvgIpc) is 2.92. The van der Waals surface area contributed by atoms with Gasteiger partial charge in [0, 0.05) is 20.5 Å². The van der Waals surface area contributed by atoms with Crippen LogP contribution >= 0.6 is 27.7 Å². The smallest absolute Gasteiger partial charge is 0.137 e. The minimum absolute atomic E-state index is 0.557. The number of aliphatic hydroxyl groups is 1. The Morgan fingerprint density at radius 2 is 2.00 bits per heavy atom. The van der Waals surface area contributed by atoms with E-state index in [1.54, 1.807) is 11.8 Å². The zero-order chi connectivity index (χ0) is 14.8. The Kier molecular flexibility index (Phi) is 4.38. The van der Waals surface area contributed by atoms with Crippen LogP contribution in [0.15, 0.2) is 62.3 Å². The van der Waals surface area contributed by atoms with Gasteiger partial charge in [-0.2, -0.15) is 0 Å². The molecule has 0 fully saturated rings. The summed E-state index contributed by atoms with van der Waals surface area (Å²) >= 11 is 5.12. The molecule has 1 aromatic heterocycles. The van der Waals surface area contributed by atoms with Gasteiger partial charge in [-0.1, -0.05) is 30.3 Å². The maximum Gasteiger partial charge on any atom is 0.137 e. The first-order chi connectivity index (χ1) is 10.1. The Hall–Kier alpha value is -1.23. The van der Waals surface area contributed by atoms with Crippen LogP contribution in [0, 0.1) is 6.92 Å². The van der Waals surface area contributed by atoms with E-state index in [9.17, 15) is 5.11 Å². The van der Waals surface area contributed by atoms with Gasteiger partial charge in [0.15, 0.2) is 0 Å². The molecule has 3 rings (SSSR count). The van der Waals surface area contributed by atoms with Crippen LogP contribution < -0.4 is 0 Å². The molecule has 0 spiro atoms. The lowest BCUT2D eigenvalue weighted by Crippen LogP contribution is -1.98. The Balaban J connectivity index is 1.76. The highest BCUT2D eigenvalue weighted by Gasteiger charge is 2.15. The van der Waals surface area contributed by atoms with Crippen molar-refractivity contribution in [3.05, 3.63) is 64.3 Å². The second-order valence-electron chi connectivity index (χ2n) is 4.90. The van der Waals surface area contributed by atoms with Crippen molar-refractivity contribution in [2.75, 3.05) is 5.75 Å². The minimum atomic E-state index is -0.617. The van der Waals surface area contributed by atoms with Crippen molar-refractivity contribution in [3.8, 4) is 0 Å². The van der Waals surface area contributed by atoms with Crippen LogP contribution in [0.3, 0.4) is 0 Å². The van der Waals surface area contributed by atoms with Gasteiger partial charge in [0.05, 0.1) is 0 Å². The fourth-order valence-electron chi connectivity index (χ4n) is 2.21. The quantitative estimate of drug-likeness (QED) is 0.636. The van der Waals surface area contributed by atoms with Gasteiger partial charge >= 0.3 is 0 Å². The first-order valence-electron chi connectivity index (χ1n) is 6.69. The summed E-state index contributed by atoms with van der Waals surface area (Å²) in [6, 6.07) is 15.9. The number of halogens is 1. The Morgan fingerprint density at radius 1 is 1.19 bits per heavy atom. The van der Waals surface area contributed by atoms with E-state index in [1.807, 2.05) is 55.5 Å². The van der Waals surface area contributed by atoms with E-state index in [2.05, 4.69) is 15.9 Å². The fraction of sp³-hybridized carbons (Fsp3) is 0.176. The second kappa shape index (κ2) is 6.26. The summed E-state index contributed by atoms with van der Waals surface area (Å²) in [4.78, 5) is 1.11. The molecule has 1 N–H and O–H groups in total. The van der Waals surface area contributed by atoms with E-state index < -0.39 is 6.10 Å². The first-order valence-corrected chi connectivity index (χ1v) is 8.47. The lowest BCUT2D eigenvalue weighted by Gasteiger charge is -2.08. The maximum absolute atomic E-state index is 10.3. The number of aliphatic hydroxyl groups excluding tert-OH is 1. The van der Waals surface area contributed by atoms with Gasteiger partial charge in [0.25, 0.3) is 0 Å². The number of hydrogen-bond donors (Lipinski definition) is 1. The molecule has 21 heavy (non-hydrogen) atoms.